The SMILES string of the molecule is CNC(c1cccc(C)c1Cl)c1c(F)cccc1F. The van der Waals surface area contributed by atoms with Gasteiger partial charge in [-0.05, 0) is 37.2 Å². The molecule has 2 rings (SSSR count). The lowest BCUT2D eigenvalue weighted by atomic mass is 9.96. The van der Waals surface area contributed by atoms with Gasteiger partial charge in [0, 0.05) is 10.6 Å². The van der Waals surface area contributed by atoms with Crippen LogP contribution in [0.5, 0.6) is 0 Å². The summed E-state index contributed by atoms with van der Waals surface area (Å²) in [5.41, 5.74) is 1.52. The van der Waals surface area contributed by atoms with Crippen molar-refractivity contribution in [3.05, 3.63) is 69.7 Å². The Morgan fingerprint density at radius 2 is 1.63 bits per heavy atom. The van der Waals surface area contributed by atoms with Crippen molar-refractivity contribution in [3.8, 4) is 0 Å². The van der Waals surface area contributed by atoms with Crippen molar-refractivity contribution in [2.75, 3.05) is 7.05 Å². The fraction of sp³-hybridized carbons (Fsp3) is 0.200. The van der Waals surface area contributed by atoms with E-state index >= 15 is 0 Å². The first-order valence-corrected chi connectivity index (χ1v) is 6.30. The second-order valence-electron chi connectivity index (χ2n) is 4.34. The fourth-order valence-corrected chi connectivity index (χ4v) is 2.37. The minimum atomic E-state index is -0.617. The molecule has 19 heavy (non-hydrogen) atoms. The van der Waals surface area contributed by atoms with Crippen molar-refractivity contribution in [2.24, 2.45) is 0 Å². The topological polar surface area (TPSA) is 12.0 Å². The van der Waals surface area contributed by atoms with Crippen LogP contribution in [-0.4, -0.2) is 7.05 Å². The summed E-state index contributed by atoms with van der Waals surface area (Å²) in [7, 11) is 1.65. The van der Waals surface area contributed by atoms with Crippen LogP contribution in [0.1, 0.15) is 22.7 Å². The summed E-state index contributed by atoms with van der Waals surface area (Å²) in [6, 6.07) is 8.66. The quantitative estimate of drug-likeness (QED) is 0.887. The molecule has 0 saturated carbocycles. The molecular weight excluding hydrogens is 268 g/mol. The van der Waals surface area contributed by atoms with Gasteiger partial charge in [-0.15, -0.1) is 0 Å². The molecule has 1 unspecified atom stereocenters. The molecule has 0 aliphatic heterocycles. The van der Waals surface area contributed by atoms with Gasteiger partial charge in [-0.1, -0.05) is 35.9 Å². The standard InChI is InChI=1S/C15H14ClF2N/c1-9-5-3-6-10(14(9)16)15(19-2)13-11(17)7-4-8-12(13)18/h3-8,15,19H,1-2H3. The molecule has 4 heteroatoms. The summed E-state index contributed by atoms with van der Waals surface area (Å²) < 4.78 is 27.8. The second-order valence-corrected chi connectivity index (χ2v) is 4.71. The van der Waals surface area contributed by atoms with Crippen LogP contribution in [-0.2, 0) is 0 Å². The van der Waals surface area contributed by atoms with Crippen molar-refractivity contribution in [1.29, 1.82) is 0 Å². The summed E-state index contributed by atoms with van der Waals surface area (Å²) in [4.78, 5) is 0. The Morgan fingerprint density at radius 1 is 1.05 bits per heavy atom. The largest absolute Gasteiger partial charge is 0.309 e. The minimum Gasteiger partial charge on any atom is -0.309 e. The zero-order valence-electron chi connectivity index (χ0n) is 10.7. The first kappa shape index (κ1) is 14.0. The van der Waals surface area contributed by atoms with Crippen molar-refractivity contribution in [2.45, 2.75) is 13.0 Å². The molecule has 0 aliphatic rings. The van der Waals surface area contributed by atoms with E-state index in [0.29, 0.717) is 10.6 Å². The lowest BCUT2D eigenvalue weighted by Gasteiger charge is -2.20. The predicted molar refractivity (Wildman–Crippen MR) is 73.4 cm³/mol. The van der Waals surface area contributed by atoms with Gasteiger partial charge in [0.1, 0.15) is 11.6 Å². The molecule has 0 fully saturated rings. The number of nitrogens with one attached hydrogen (secondary N) is 1. The number of rotatable bonds is 3. The normalized spacial score (nSPS) is 12.5. The van der Waals surface area contributed by atoms with Crippen LogP contribution in [0.2, 0.25) is 5.02 Å². The second kappa shape index (κ2) is 5.68. The summed E-state index contributed by atoms with van der Waals surface area (Å²) in [6.07, 6.45) is 0. The maximum atomic E-state index is 13.9. The molecule has 0 bridgehead atoms. The molecule has 2 aromatic rings. The van der Waals surface area contributed by atoms with Crippen molar-refractivity contribution in [3.63, 3.8) is 0 Å². The predicted octanol–water partition coefficient (Wildman–Crippen LogP) is 4.24. The zero-order valence-corrected chi connectivity index (χ0v) is 11.4. The Balaban J connectivity index is 2.60. The van der Waals surface area contributed by atoms with Crippen LogP contribution in [0.3, 0.4) is 0 Å². The van der Waals surface area contributed by atoms with Crippen LogP contribution in [0.25, 0.3) is 0 Å². The van der Waals surface area contributed by atoms with Crippen LogP contribution in [0.15, 0.2) is 36.4 Å². The summed E-state index contributed by atoms with van der Waals surface area (Å²) in [5, 5.41) is 3.44. The highest BCUT2D eigenvalue weighted by molar-refractivity contribution is 6.32. The van der Waals surface area contributed by atoms with Gasteiger partial charge in [-0.25, -0.2) is 8.78 Å². The molecule has 1 N–H and O–H groups in total. The lowest BCUT2D eigenvalue weighted by Crippen LogP contribution is -2.21. The van der Waals surface area contributed by atoms with Gasteiger partial charge >= 0.3 is 0 Å². The molecule has 100 valence electrons. The van der Waals surface area contributed by atoms with E-state index in [4.69, 9.17) is 11.6 Å². The fourth-order valence-electron chi connectivity index (χ4n) is 2.13. The van der Waals surface area contributed by atoms with E-state index in [1.165, 1.54) is 18.2 Å². The third-order valence-electron chi connectivity index (χ3n) is 3.11. The van der Waals surface area contributed by atoms with Gasteiger partial charge < -0.3 is 5.32 Å². The third kappa shape index (κ3) is 2.62. The highest BCUT2D eigenvalue weighted by Gasteiger charge is 2.22. The van der Waals surface area contributed by atoms with Gasteiger partial charge in [0.05, 0.1) is 6.04 Å². The van der Waals surface area contributed by atoms with Crippen molar-refractivity contribution in [1.82, 2.24) is 5.32 Å². The van der Waals surface area contributed by atoms with E-state index in [1.807, 2.05) is 19.1 Å². The lowest BCUT2D eigenvalue weighted by molar-refractivity contribution is 0.522. The Labute approximate surface area is 116 Å². The molecule has 0 aliphatic carbocycles. The van der Waals surface area contributed by atoms with E-state index in [1.54, 1.807) is 13.1 Å². The summed E-state index contributed by atoms with van der Waals surface area (Å²) in [5.74, 6) is -1.17. The Hall–Kier alpha value is -1.45. The average Bonchev–Trinajstić information content (AvgIpc) is 2.38. The third-order valence-corrected chi connectivity index (χ3v) is 3.63. The van der Waals surface area contributed by atoms with Crippen molar-refractivity contribution < 1.29 is 8.78 Å². The van der Waals surface area contributed by atoms with E-state index in [9.17, 15) is 8.78 Å². The van der Waals surface area contributed by atoms with Gasteiger partial charge in [0.25, 0.3) is 0 Å². The Morgan fingerprint density at radius 3 is 2.21 bits per heavy atom. The van der Waals surface area contributed by atoms with E-state index < -0.39 is 17.7 Å². The number of hydrogen-bond donors (Lipinski definition) is 1. The van der Waals surface area contributed by atoms with Crippen LogP contribution in [0.4, 0.5) is 8.78 Å². The first-order valence-electron chi connectivity index (χ1n) is 5.92. The minimum absolute atomic E-state index is 0.0162. The summed E-state index contributed by atoms with van der Waals surface area (Å²) >= 11 is 6.24. The van der Waals surface area contributed by atoms with E-state index in [0.717, 1.165) is 5.56 Å². The Kier molecular flexibility index (Phi) is 4.17. The number of halogens is 3. The van der Waals surface area contributed by atoms with Crippen LogP contribution < -0.4 is 5.32 Å². The smallest absolute Gasteiger partial charge is 0.131 e. The molecule has 1 nitrogen and oxygen atoms in total. The molecule has 0 saturated heterocycles. The molecule has 2 aromatic carbocycles. The van der Waals surface area contributed by atoms with Crippen molar-refractivity contribution >= 4 is 11.6 Å². The summed E-state index contributed by atoms with van der Waals surface area (Å²) in [6.45, 7) is 1.86. The van der Waals surface area contributed by atoms with E-state index in [-0.39, 0.29) is 5.56 Å². The molecule has 0 spiro atoms. The molecular formula is C15H14ClF2N. The maximum Gasteiger partial charge on any atom is 0.131 e. The zero-order chi connectivity index (χ0) is 14.0. The number of aryl methyl sites for hydroxylation is 1. The molecule has 0 amide bonds. The monoisotopic (exact) mass is 281 g/mol. The molecule has 0 radical (unpaired) electrons. The highest BCUT2D eigenvalue weighted by atomic mass is 35.5. The van der Waals surface area contributed by atoms with Gasteiger partial charge in [0.2, 0.25) is 0 Å². The van der Waals surface area contributed by atoms with Crippen LogP contribution in [0, 0.1) is 18.6 Å². The Bertz CT molecular complexity index is 578. The molecule has 0 aromatic heterocycles. The van der Waals surface area contributed by atoms with Gasteiger partial charge in [-0.2, -0.15) is 0 Å². The van der Waals surface area contributed by atoms with Gasteiger partial charge in [-0.3, -0.25) is 0 Å². The first-order chi connectivity index (χ1) is 9.06. The number of benzene rings is 2. The highest BCUT2D eigenvalue weighted by Crippen LogP contribution is 2.32. The molecule has 1 atom stereocenters. The average molecular weight is 282 g/mol. The number of hydrogen-bond acceptors (Lipinski definition) is 1. The van der Waals surface area contributed by atoms with E-state index in [2.05, 4.69) is 5.32 Å². The van der Waals surface area contributed by atoms with Gasteiger partial charge in [0.15, 0.2) is 0 Å². The maximum absolute atomic E-state index is 13.9. The van der Waals surface area contributed by atoms with Crippen LogP contribution >= 0.6 is 11.6 Å². The molecule has 0 heterocycles.